The van der Waals surface area contributed by atoms with E-state index in [2.05, 4.69) is 9.97 Å². The van der Waals surface area contributed by atoms with Crippen molar-refractivity contribution in [1.82, 2.24) is 19.8 Å². The van der Waals surface area contributed by atoms with Gasteiger partial charge in [-0.15, -0.1) is 0 Å². The summed E-state index contributed by atoms with van der Waals surface area (Å²) in [7, 11) is 0. The highest BCUT2D eigenvalue weighted by Gasteiger charge is 2.56. The van der Waals surface area contributed by atoms with Gasteiger partial charge in [0.1, 0.15) is 17.9 Å². The third kappa shape index (κ3) is 3.55. The van der Waals surface area contributed by atoms with E-state index < -0.39 is 5.54 Å². The van der Waals surface area contributed by atoms with E-state index >= 15 is 0 Å². The Hall–Kier alpha value is -2.67. The normalized spacial score (nSPS) is 22.3. The molecule has 2 saturated heterocycles. The molecule has 2 fully saturated rings. The summed E-state index contributed by atoms with van der Waals surface area (Å²) in [4.78, 5) is 40.8. The quantitative estimate of drug-likeness (QED) is 0.769. The van der Waals surface area contributed by atoms with E-state index in [1.54, 1.807) is 40.5 Å². The van der Waals surface area contributed by atoms with Crippen molar-refractivity contribution in [3.63, 3.8) is 0 Å². The summed E-state index contributed by atoms with van der Waals surface area (Å²) in [5, 5.41) is 0.644. The molecule has 0 aliphatic carbocycles. The second kappa shape index (κ2) is 7.63. The molecule has 0 unspecified atom stereocenters. The summed E-state index contributed by atoms with van der Waals surface area (Å²) in [5.74, 6) is 0.694. The molecule has 2 amide bonds. The maximum absolute atomic E-state index is 13.6. The number of benzene rings is 1. The van der Waals surface area contributed by atoms with Crippen LogP contribution in [0.1, 0.15) is 25.8 Å². The highest BCUT2D eigenvalue weighted by molar-refractivity contribution is 6.30. The van der Waals surface area contributed by atoms with Crippen LogP contribution < -0.4 is 4.90 Å². The third-order valence-electron chi connectivity index (χ3n) is 5.78. The molecule has 0 saturated carbocycles. The van der Waals surface area contributed by atoms with Crippen molar-refractivity contribution >= 4 is 29.2 Å². The lowest BCUT2D eigenvalue weighted by atomic mass is 9.89. The molecule has 1 atom stereocenters. The lowest BCUT2D eigenvalue weighted by molar-refractivity contribution is -0.166. The summed E-state index contributed by atoms with van der Waals surface area (Å²) >= 11 is 6.01. The number of halogens is 1. The molecule has 152 valence electrons. The molecule has 4 rings (SSSR count). The number of anilines is 1. The number of piperazine rings is 1. The average molecular weight is 414 g/mol. The fourth-order valence-corrected chi connectivity index (χ4v) is 4.32. The van der Waals surface area contributed by atoms with Crippen molar-refractivity contribution < 1.29 is 9.59 Å². The lowest BCUT2D eigenvalue weighted by Gasteiger charge is -2.48. The van der Waals surface area contributed by atoms with Crippen molar-refractivity contribution in [2.45, 2.75) is 38.4 Å². The summed E-state index contributed by atoms with van der Waals surface area (Å²) in [6.07, 6.45) is 5.51. The fourth-order valence-electron chi connectivity index (χ4n) is 4.19. The second-order valence-electron chi connectivity index (χ2n) is 7.90. The van der Waals surface area contributed by atoms with Gasteiger partial charge >= 0.3 is 0 Å². The van der Waals surface area contributed by atoms with E-state index in [1.165, 1.54) is 0 Å². The lowest BCUT2D eigenvalue weighted by Crippen LogP contribution is -2.69. The predicted octanol–water partition coefficient (Wildman–Crippen LogP) is 2.36. The van der Waals surface area contributed by atoms with Crippen molar-refractivity contribution in [2.75, 3.05) is 24.5 Å². The first kappa shape index (κ1) is 19.6. The van der Waals surface area contributed by atoms with Crippen molar-refractivity contribution in [3.8, 4) is 0 Å². The van der Waals surface area contributed by atoms with Gasteiger partial charge in [0, 0.05) is 36.5 Å². The molecule has 0 N–H and O–H groups in total. The zero-order chi connectivity index (χ0) is 20.6. The monoisotopic (exact) mass is 413 g/mol. The molecule has 29 heavy (non-hydrogen) atoms. The summed E-state index contributed by atoms with van der Waals surface area (Å²) < 4.78 is 0. The Bertz CT molecular complexity index is 905. The van der Waals surface area contributed by atoms with Gasteiger partial charge in [-0.1, -0.05) is 23.7 Å². The van der Waals surface area contributed by atoms with Gasteiger partial charge in [-0.05, 0) is 38.0 Å². The summed E-state index contributed by atoms with van der Waals surface area (Å²) in [5.41, 5.74) is 0.0439. The van der Waals surface area contributed by atoms with Crippen LogP contribution in [0, 0.1) is 0 Å². The first-order valence-electron chi connectivity index (χ1n) is 9.78. The molecule has 3 heterocycles. The van der Waals surface area contributed by atoms with Crippen molar-refractivity contribution in [1.29, 1.82) is 0 Å². The minimum absolute atomic E-state index is 0.00690. The minimum Gasteiger partial charge on any atom is -0.352 e. The molecule has 2 aliphatic rings. The van der Waals surface area contributed by atoms with E-state index in [0.29, 0.717) is 31.1 Å². The van der Waals surface area contributed by atoms with E-state index in [-0.39, 0.29) is 24.4 Å². The van der Waals surface area contributed by atoms with Gasteiger partial charge in [-0.25, -0.2) is 4.98 Å². The maximum atomic E-state index is 13.6. The third-order valence-corrected chi connectivity index (χ3v) is 6.03. The van der Waals surface area contributed by atoms with Crippen molar-refractivity contribution in [3.05, 3.63) is 53.4 Å². The zero-order valence-corrected chi connectivity index (χ0v) is 17.3. The largest absolute Gasteiger partial charge is 0.352 e. The Morgan fingerprint density at radius 3 is 2.59 bits per heavy atom. The number of carbonyl (C=O) groups is 2. The first-order valence-corrected chi connectivity index (χ1v) is 10.2. The Morgan fingerprint density at radius 2 is 1.93 bits per heavy atom. The highest BCUT2D eigenvalue weighted by atomic mass is 35.5. The van der Waals surface area contributed by atoms with Crippen LogP contribution in [-0.4, -0.2) is 62.8 Å². The number of rotatable bonds is 4. The first-order chi connectivity index (χ1) is 13.9. The molecule has 0 radical (unpaired) electrons. The number of aromatic nitrogens is 2. The molecule has 8 heteroatoms. The zero-order valence-electron chi connectivity index (χ0n) is 16.6. The van der Waals surface area contributed by atoms with Crippen LogP contribution in [0.15, 0.2) is 42.9 Å². The van der Waals surface area contributed by atoms with Crippen LogP contribution >= 0.6 is 11.6 Å². The minimum atomic E-state index is -0.906. The Balaban J connectivity index is 1.69. The van der Waals surface area contributed by atoms with Crippen LogP contribution in [-0.2, 0) is 16.1 Å². The van der Waals surface area contributed by atoms with E-state index in [4.69, 9.17) is 11.6 Å². The highest BCUT2D eigenvalue weighted by Crippen LogP contribution is 2.37. The average Bonchev–Trinajstić information content (AvgIpc) is 3.16. The SMILES string of the molecule is CC(C)N1CC(=O)N(Cc2ccc(Cl)cc2)[C@]2(CCN(c3cnccn3)C2)C1=O. The molecule has 7 nitrogen and oxygen atoms in total. The number of nitrogens with zero attached hydrogens (tertiary/aromatic N) is 5. The van der Waals surface area contributed by atoms with Gasteiger partial charge < -0.3 is 14.7 Å². The Morgan fingerprint density at radius 1 is 1.17 bits per heavy atom. The van der Waals surface area contributed by atoms with Gasteiger partial charge in [0.2, 0.25) is 5.91 Å². The van der Waals surface area contributed by atoms with Crippen LogP contribution in [0.25, 0.3) is 0 Å². The predicted molar refractivity (Wildman–Crippen MR) is 110 cm³/mol. The molecule has 1 aromatic heterocycles. The van der Waals surface area contributed by atoms with E-state index in [0.717, 1.165) is 11.4 Å². The van der Waals surface area contributed by atoms with Gasteiger partial charge in [0.05, 0.1) is 12.7 Å². The van der Waals surface area contributed by atoms with Gasteiger partial charge in [-0.3, -0.25) is 14.6 Å². The fraction of sp³-hybridized carbons (Fsp3) is 0.429. The molecule has 1 aromatic carbocycles. The van der Waals surface area contributed by atoms with Gasteiger partial charge in [0.15, 0.2) is 0 Å². The molecular weight excluding hydrogens is 390 g/mol. The van der Waals surface area contributed by atoms with Gasteiger partial charge in [0.25, 0.3) is 5.91 Å². The standard InChI is InChI=1S/C21H24ClN5O2/c1-15(2)26-13-19(28)27(12-16-3-5-17(22)6-4-16)21(20(26)29)7-10-25(14-21)18-11-23-8-9-24-18/h3-6,8-9,11,15H,7,10,12-14H2,1-2H3/t21-/m0/s1. The molecule has 2 aliphatic heterocycles. The maximum Gasteiger partial charge on any atom is 0.251 e. The molecular formula is C21H24ClN5O2. The molecule has 1 spiro atoms. The van der Waals surface area contributed by atoms with Crippen LogP contribution in [0.4, 0.5) is 5.82 Å². The van der Waals surface area contributed by atoms with Gasteiger partial charge in [-0.2, -0.15) is 0 Å². The van der Waals surface area contributed by atoms with E-state index in [1.807, 2.05) is 30.9 Å². The summed E-state index contributed by atoms with van der Waals surface area (Å²) in [6, 6.07) is 7.38. The number of carbonyl (C=O) groups excluding carboxylic acids is 2. The van der Waals surface area contributed by atoms with Crippen LogP contribution in [0.5, 0.6) is 0 Å². The number of amides is 2. The molecule has 0 bridgehead atoms. The number of hydrogen-bond donors (Lipinski definition) is 0. The summed E-state index contributed by atoms with van der Waals surface area (Å²) in [6.45, 7) is 5.43. The Labute approximate surface area is 175 Å². The number of hydrogen-bond acceptors (Lipinski definition) is 5. The van der Waals surface area contributed by atoms with Crippen LogP contribution in [0.3, 0.4) is 0 Å². The van der Waals surface area contributed by atoms with Crippen LogP contribution in [0.2, 0.25) is 5.02 Å². The Kier molecular flexibility index (Phi) is 5.17. The van der Waals surface area contributed by atoms with E-state index in [9.17, 15) is 9.59 Å². The van der Waals surface area contributed by atoms with Crippen molar-refractivity contribution in [2.24, 2.45) is 0 Å². The topological polar surface area (TPSA) is 69.6 Å². The molecule has 2 aromatic rings. The smallest absolute Gasteiger partial charge is 0.251 e. The second-order valence-corrected chi connectivity index (χ2v) is 8.34.